The van der Waals surface area contributed by atoms with E-state index in [-0.39, 0.29) is 11.5 Å². The third-order valence-electron chi connectivity index (χ3n) is 2.93. The van der Waals surface area contributed by atoms with Crippen LogP contribution < -0.4 is 5.32 Å². The second kappa shape index (κ2) is 4.47. The summed E-state index contributed by atoms with van der Waals surface area (Å²) in [7, 11) is 0. The molecule has 2 aliphatic heterocycles. The predicted octanol–water partition coefficient (Wildman–Crippen LogP) is -0.776. The molecule has 2 rings (SSSR count). The van der Waals surface area contributed by atoms with Crippen molar-refractivity contribution in [1.29, 1.82) is 0 Å². The molecule has 1 atom stereocenters. The van der Waals surface area contributed by atoms with E-state index < -0.39 is 0 Å². The van der Waals surface area contributed by atoms with Crippen LogP contribution in [-0.2, 0) is 14.3 Å². The maximum atomic E-state index is 11.3. The minimum Gasteiger partial charge on any atom is -0.377 e. The number of rotatable bonds is 0. The Labute approximate surface area is 89.7 Å². The molecule has 5 nitrogen and oxygen atoms in total. The van der Waals surface area contributed by atoms with Crippen LogP contribution in [0.3, 0.4) is 0 Å². The van der Waals surface area contributed by atoms with Crippen molar-refractivity contribution in [3.8, 4) is 0 Å². The second-order valence-electron chi connectivity index (χ2n) is 4.20. The lowest BCUT2D eigenvalue weighted by molar-refractivity contribution is -0.156. The van der Waals surface area contributed by atoms with Gasteiger partial charge in [0.15, 0.2) is 0 Å². The van der Waals surface area contributed by atoms with Gasteiger partial charge in [0.2, 0.25) is 5.91 Å². The predicted molar refractivity (Wildman–Crippen MR) is 54.6 cm³/mol. The number of carbonyl (C=O) groups excluding carboxylic acids is 1. The molecule has 15 heavy (non-hydrogen) atoms. The molecule has 0 aromatic rings. The molecule has 2 heterocycles. The molecule has 86 valence electrons. The Bertz CT molecular complexity index is 237. The quantitative estimate of drug-likeness (QED) is 0.575. The van der Waals surface area contributed by atoms with Gasteiger partial charge in [-0.3, -0.25) is 4.79 Å². The van der Waals surface area contributed by atoms with Crippen LogP contribution in [0.25, 0.3) is 0 Å². The minimum absolute atomic E-state index is 0.113. The molecule has 0 aromatic heterocycles. The van der Waals surface area contributed by atoms with Gasteiger partial charge in [-0.25, -0.2) is 0 Å². The van der Waals surface area contributed by atoms with Crippen molar-refractivity contribution in [3.05, 3.63) is 0 Å². The highest BCUT2D eigenvalue weighted by Crippen LogP contribution is 2.19. The van der Waals surface area contributed by atoms with Gasteiger partial charge in [-0.1, -0.05) is 0 Å². The number of carbonyl (C=O) groups is 1. The van der Waals surface area contributed by atoms with Crippen LogP contribution in [0, 0.1) is 0 Å². The van der Waals surface area contributed by atoms with E-state index in [1.165, 1.54) is 0 Å². The number of hydrogen-bond acceptors (Lipinski definition) is 4. The fourth-order valence-electron chi connectivity index (χ4n) is 2.08. The Kier molecular flexibility index (Phi) is 3.23. The zero-order chi connectivity index (χ0) is 10.7. The second-order valence-corrected chi connectivity index (χ2v) is 4.20. The highest BCUT2D eigenvalue weighted by molar-refractivity contribution is 5.73. The molecule has 1 amide bonds. The van der Waals surface area contributed by atoms with Gasteiger partial charge in [0, 0.05) is 26.6 Å². The molecule has 2 saturated heterocycles. The summed E-state index contributed by atoms with van der Waals surface area (Å²) in [6, 6.07) is 0. The first kappa shape index (κ1) is 10.9. The van der Waals surface area contributed by atoms with Gasteiger partial charge >= 0.3 is 0 Å². The van der Waals surface area contributed by atoms with Gasteiger partial charge < -0.3 is 19.7 Å². The van der Waals surface area contributed by atoms with Crippen molar-refractivity contribution in [2.45, 2.75) is 12.5 Å². The normalized spacial score (nSPS) is 32.7. The monoisotopic (exact) mass is 214 g/mol. The summed E-state index contributed by atoms with van der Waals surface area (Å²) < 4.78 is 11.3. The summed E-state index contributed by atoms with van der Waals surface area (Å²) in [5, 5.41) is 3.28. The maximum Gasteiger partial charge on any atom is 0.219 e. The third-order valence-corrected chi connectivity index (χ3v) is 2.93. The third kappa shape index (κ3) is 2.48. The van der Waals surface area contributed by atoms with Crippen molar-refractivity contribution in [1.82, 2.24) is 10.2 Å². The Morgan fingerprint density at radius 3 is 3.13 bits per heavy atom. The van der Waals surface area contributed by atoms with E-state index in [4.69, 9.17) is 9.47 Å². The molecule has 2 fully saturated rings. The van der Waals surface area contributed by atoms with Gasteiger partial charge in [-0.2, -0.15) is 0 Å². The molecule has 0 saturated carbocycles. The highest BCUT2D eigenvalue weighted by Gasteiger charge is 2.38. The molecular formula is C10H18N2O3. The summed E-state index contributed by atoms with van der Waals surface area (Å²) in [6.07, 6.45) is 0. The van der Waals surface area contributed by atoms with E-state index in [1.807, 2.05) is 4.90 Å². The van der Waals surface area contributed by atoms with Crippen LogP contribution in [0.5, 0.6) is 0 Å². The van der Waals surface area contributed by atoms with Crippen molar-refractivity contribution >= 4 is 5.91 Å². The van der Waals surface area contributed by atoms with Gasteiger partial charge in [0.05, 0.1) is 26.4 Å². The van der Waals surface area contributed by atoms with Crippen molar-refractivity contribution in [2.75, 3.05) is 46.0 Å². The molecule has 5 heteroatoms. The Morgan fingerprint density at radius 2 is 2.33 bits per heavy atom. The van der Waals surface area contributed by atoms with Crippen LogP contribution in [0.15, 0.2) is 0 Å². The first-order chi connectivity index (χ1) is 7.22. The van der Waals surface area contributed by atoms with Crippen LogP contribution in [-0.4, -0.2) is 62.4 Å². The number of morpholine rings is 1. The summed E-state index contributed by atoms with van der Waals surface area (Å²) >= 11 is 0. The van der Waals surface area contributed by atoms with Gasteiger partial charge in [-0.15, -0.1) is 0 Å². The SMILES string of the molecule is CC(=O)N1CCO[C@]2(CNCCOC2)C1. The summed E-state index contributed by atoms with van der Waals surface area (Å²) in [5.74, 6) is 0.113. The zero-order valence-corrected chi connectivity index (χ0v) is 9.12. The van der Waals surface area contributed by atoms with Crippen molar-refractivity contribution in [2.24, 2.45) is 0 Å². The Balaban J connectivity index is 2.02. The van der Waals surface area contributed by atoms with Crippen LogP contribution in [0.2, 0.25) is 0 Å². The molecule has 0 radical (unpaired) electrons. The summed E-state index contributed by atoms with van der Waals surface area (Å²) in [4.78, 5) is 13.2. The first-order valence-corrected chi connectivity index (χ1v) is 5.40. The Hall–Kier alpha value is -0.650. The zero-order valence-electron chi connectivity index (χ0n) is 9.12. The lowest BCUT2D eigenvalue weighted by Gasteiger charge is -2.41. The number of amides is 1. The van der Waals surface area contributed by atoms with E-state index in [9.17, 15) is 4.79 Å². The number of nitrogens with one attached hydrogen (secondary N) is 1. The lowest BCUT2D eigenvalue weighted by atomic mass is 10.0. The van der Waals surface area contributed by atoms with E-state index >= 15 is 0 Å². The largest absolute Gasteiger partial charge is 0.377 e. The fourth-order valence-corrected chi connectivity index (χ4v) is 2.08. The Morgan fingerprint density at radius 1 is 1.47 bits per heavy atom. The number of nitrogens with zero attached hydrogens (tertiary/aromatic N) is 1. The number of ether oxygens (including phenoxy) is 2. The topological polar surface area (TPSA) is 50.8 Å². The minimum atomic E-state index is -0.333. The molecule has 0 aliphatic carbocycles. The van der Waals surface area contributed by atoms with Crippen molar-refractivity contribution in [3.63, 3.8) is 0 Å². The molecule has 0 aromatic carbocycles. The van der Waals surface area contributed by atoms with E-state index in [0.717, 1.165) is 13.1 Å². The van der Waals surface area contributed by atoms with Crippen molar-refractivity contribution < 1.29 is 14.3 Å². The molecular weight excluding hydrogens is 196 g/mol. The van der Waals surface area contributed by atoms with Gasteiger partial charge in [0.1, 0.15) is 5.60 Å². The molecule has 0 bridgehead atoms. The van der Waals surface area contributed by atoms with Crippen LogP contribution in [0.4, 0.5) is 0 Å². The average molecular weight is 214 g/mol. The molecule has 1 spiro atoms. The molecule has 1 N–H and O–H groups in total. The van der Waals surface area contributed by atoms with Gasteiger partial charge in [0.25, 0.3) is 0 Å². The van der Waals surface area contributed by atoms with E-state index in [2.05, 4.69) is 5.32 Å². The van der Waals surface area contributed by atoms with Gasteiger partial charge in [-0.05, 0) is 0 Å². The maximum absolute atomic E-state index is 11.3. The summed E-state index contributed by atoms with van der Waals surface area (Å²) in [5.41, 5.74) is -0.333. The standard InChI is InChI=1S/C10H18N2O3/c1-9(13)12-3-5-15-10(7-12)6-11-2-4-14-8-10/h11H,2-8H2,1H3/t10-/m1/s1. The summed E-state index contributed by atoms with van der Waals surface area (Å²) in [6.45, 7) is 6.43. The first-order valence-electron chi connectivity index (χ1n) is 5.40. The fraction of sp³-hybridized carbons (Fsp3) is 0.900. The molecule has 2 aliphatic rings. The van der Waals surface area contributed by atoms with Crippen LogP contribution in [0.1, 0.15) is 6.92 Å². The van der Waals surface area contributed by atoms with E-state index in [0.29, 0.717) is 32.9 Å². The number of hydrogen-bond donors (Lipinski definition) is 1. The van der Waals surface area contributed by atoms with E-state index in [1.54, 1.807) is 6.92 Å². The smallest absolute Gasteiger partial charge is 0.219 e. The average Bonchev–Trinajstić information content (AvgIpc) is 2.44. The highest BCUT2D eigenvalue weighted by atomic mass is 16.5. The van der Waals surface area contributed by atoms with Crippen LogP contribution >= 0.6 is 0 Å². The molecule has 0 unspecified atom stereocenters. The lowest BCUT2D eigenvalue weighted by Crippen LogP contribution is -2.59.